The summed E-state index contributed by atoms with van der Waals surface area (Å²) < 4.78 is 10.3. The normalized spacial score (nSPS) is 10.5. The Hall–Kier alpha value is -3.16. The summed E-state index contributed by atoms with van der Waals surface area (Å²) in [5, 5.41) is 6.34. The van der Waals surface area contributed by atoms with Crippen LogP contribution < -0.4 is 10.6 Å². The van der Waals surface area contributed by atoms with E-state index in [4.69, 9.17) is 9.47 Å². The minimum Gasteiger partial charge on any atom is -0.462 e. The number of pyridine rings is 2. The molecule has 162 valence electrons. The second-order valence-electron chi connectivity index (χ2n) is 6.87. The average molecular weight is 415 g/mol. The first kappa shape index (κ1) is 23.1. The van der Waals surface area contributed by atoms with E-state index in [1.807, 2.05) is 27.7 Å². The minimum absolute atomic E-state index is 0.294. The number of nitrogens with one attached hydrogen (secondary N) is 2. The van der Waals surface area contributed by atoms with Gasteiger partial charge in [-0.3, -0.25) is 0 Å². The predicted octanol–water partition coefficient (Wildman–Crippen LogP) is 3.59. The third kappa shape index (κ3) is 5.25. The summed E-state index contributed by atoms with van der Waals surface area (Å²) in [6.07, 6.45) is 3.44. The van der Waals surface area contributed by atoms with Crippen LogP contribution in [0.5, 0.6) is 0 Å². The molecule has 0 saturated carbocycles. The molecule has 8 heteroatoms. The van der Waals surface area contributed by atoms with Gasteiger partial charge in [-0.15, -0.1) is 0 Å². The second-order valence-corrected chi connectivity index (χ2v) is 6.87. The van der Waals surface area contributed by atoms with Crippen LogP contribution in [-0.4, -0.2) is 48.2 Å². The maximum Gasteiger partial charge on any atom is 0.342 e. The number of nitrogens with zero attached hydrogens (tertiary/aromatic N) is 2. The summed E-state index contributed by atoms with van der Waals surface area (Å²) in [7, 11) is 0. The Morgan fingerprint density at radius 2 is 1.13 bits per heavy atom. The van der Waals surface area contributed by atoms with E-state index < -0.39 is 11.9 Å². The highest BCUT2D eigenvalue weighted by Gasteiger charge is 2.20. The molecule has 0 spiro atoms. The Morgan fingerprint density at radius 3 is 1.47 bits per heavy atom. The van der Waals surface area contributed by atoms with Crippen LogP contribution in [0, 0.1) is 27.7 Å². The van der Waals surface area contributed by atoms with Crippen molar-refractivity contribution in [3.63, 3.8) is 0 Å². The standard InChI is InChI=1S/C22H30N4O4/c1-7-29-21(27)17-15(5)13(3)11-25-19(17)23-9-10-24-20-18(22(28)30-8-2)16(6)14(4)12-26-20/h11-12H,7-10H2,1-6H3,(H,23,25)(H,24,26). The van der Waals surface area contributed by atoms with E-state index >= 15 is 0 Å². The van der Waals surface area contributed by atoms with E-state index in [1.165, 1.54) is 0 Å². The van der Waals surface area contributed by atoms with E-state index in [2.05, 4.69) is 20.6 Å². The van der Waals surface area contributed by atoms with Crippen molar-refractivity contribution in [2.45, 2.75) is 41.5 Å². The minimum atomic E-state index is -0.401. The molecular weight excluding hydrogens is 384 g/mol. The highest BCUT2D eigenvalue weighted by Crippen LogP contribution is 2.22. The van der Waals surface area contributed by atoms with Gasteiger partial charge in [0.15, 0.2) is 0 Å². The number of rotatable bonds is 9. The Morgan fingerprint density at radius 1 is 0.767 bits per heavy atom. The van der Waals surface area contributed by atoms with Gasteiger partial charge in [0.1, 0.15) is 22.8 Å². The van der Waals surface area contributed by atoms with Gasteiger partial charge in [0.2, 0.25) is 0 Å². The van der Waals surface area contributed by atoms with Crippen LogP contribution in [0.3, 0.4) is 0 Å². The van der Waals surface area contributed by atoms with Crippen molar-refractivity contribution in [2.75, 3.05) is 36.9 Å². The molecule has 0 atom stereocenters. The fourth-order valence-corrected chi connectivity index (χ4v) is 2.93. The molecule has 0 aromatic carbocycles. The third-order valence-electron chi connectivity index (χ3n) is 4.85. The van der Waals surface area contributed by atoms with Crippen molar-refractivity contribution in [2.24, 2.45) is 0 Å². The van der Waals surface area contributed by atoms with E-state index in [9.17, 15) is 9.59 Å². The molecule has 0 saturated heterocycles. The number of carbonyl (C=O) groups is 2. The first-order chi connectivity index (χ1) is 14.3. The maximum atomic E-state index is 12.4. The second kappa shape index (κ2) is 10.6. The molecule has 2 rings (SSSR count). The van der Waals surface area contributed by atoms with Gasteiger partial charge in [-0.05, 0) is 63.8 Å². The van der Waals surface area contributed by atoms with E-state index in [0.29, 0.717) is 49.1 Å². The van der Waals surface area contributed by atoms with Gasteiger partial charge < -0.3 is 20.1 Å². The number of esters is 2. The Labute approximate surface area is 177 Å². The molecule has 0 amide bonds. The van der Waals surface area contributed by atoms with Gasteiger partial charge in [0.05, 0.1) is 13.2 Å². The van der Waals surface area contributed by atoms with Crippen LogP contribution in [0.25, 0.3) is 0 Å². The van der Waals surface area contributed by atoms with Crippen molar-refractivity contribution in [1.29, 1.82) is 0 Å². The Balaban J connectivity index is 2.13. The van der Waals surface area contributed by atoms with Crippen LogP contribution in [0.2, 0.25) is 0 Å². The molecule has 0 fully saturated rings. The topological polar surface area (TPSA) is 102 Å². The van der Waals surface area contributed by atoms with Crippen LogP contribution in [0.15, 0.2) is 12.4 Å². The lowest BCUT2D eigenvalue weighted by Gasteiger charge is -2.16. The molecule has 0 aliphatic heterocycles. The van der Waals surface area contributed by atoms with E-state index in [1.54, 1.807) is 26.2 Å². The molecule has 2 aromatic rings. The molecule has 0 radical (unpaired) electrons. The van der Waals surface area contributed by atoms with Crippen molar-refractivity contribution >= 4 is 23.6 Å². The van der Waals surface area contributed by atoms with Gasteiger partial charge in [-0.25, -0.2) is 19.6 Å². The first-order valence-electron chi connectivity index (χ1n) is 10.1. The lowest BCUT2D eigenvalue weighted by atomic mass is 10.1. The molecule has 0 unspecified atom stereocenters. The highest BCUT2D eigenvalue weighted by atomic mass is 16.5. The first-order valence-corrected chi connectivity index (χ1v) is 10.1. The SMILES string of the molecule is CCOC(=O)c1c(NCCNc2ncc(C)c(C)c2C(=O)OCC)ncc(C)c1C. The average Bonchev–Trinajstić information content (AvgIpc) is 2.70. The molecule has 8 nitrogen and oxygen atoms in total. The number of aromatic nitrogens is 2. The van der Waals surface area contributed by atoms with Crippen molar-refractivity contribution in [3.8, 4) is 0 Å². The molecule has 0 bridgehead atoms. The number of hydrogen-bond acceptors (Lipinski definition) is 8. The number of aryl methyl sites for hydroxylation is 2. The zero-order valence-corrected chi connectivity index (χ0v) is 18.5. The maximum absolute atomic E-state index is 12.4. The number of ether oxygens (including phenoxy) is 2. The summed E-state index contributed by atoms with van der Waals surface area (Å²) in [5.74, 6) is 0.137. The van der Waals surface area contributed by atoms with Crippen LogP contribution in [0.1, 0.15) is 56.8 Å². The Bertz CT molecular complexity index is 852. The van der Waals surface area contributed by atoms with Gasteiger partial charge in [0.25, 0.3) is 0 Å². The van der Waals surface area contributed by atoms with Gasteiger partial charge in [0, 0.05) is 25.5 Å². The van der Waals surface area contributed by atoms with Crippen molar-refractivity contribution in [1.82, 2.24) is 9.97 Å². The molecule has 0 aliphatic rings. The van der Waals surface area contributed by atoms with Crippen LogP contribution in [0.4, 0.5) is 11.6 Å². The quantitative estimate of drug-likeness (QED) is 0.474. The van der Waals surface area contributed by atoms with Crippen LogP contribution in [-0.2, 0) is 9.47 Å². The lowest BCUT2D eigenvalue weighted by molar-refractivity contribution is 0.0516. The fraction of sp³-hybridized carbons (Fsp3) is 0.455. The van der Waals surface area contributed by atoms with E-state index in [0.717, 1.165) is 22.3 Å². The zero-order chi connectivity index (χ0) is 22.3. The fourth-order valence-electron chi connectivity index (χ4n) is 2.93. The Kier molecular flexibility index (Phi) is 8.15. The summed E-state index contributed by atoms with van der Waals surface area (Å²) >= 11 is 0. The van der Waals surface area contributed by atoms with Crippen molar-refractivity contribution < 1.29 is 19.1 Å². The number of anilines is 2. The molecule has 0 aliphatic carbocycles. The summed E-state index contributed by atoms with van der Waals surface area (Å²) in [6, 6.07) is 0. The smallest absolute Gasteiger partial charge is 0.342 e. The van der Waals surface area contributed by atoms with Crippen LogP contribution >= 0.6 is 0 Å². The van der Waals surface area contributed by atoms with Gasteiger partial charge in [-0.2, -0.15) is 0 Å². The van der Waals surface area contributed by atoms with Crippen molar-refractivity contribution in [3.05, 3.63) is 45.8 Å². The molecule has 2 heterocycles. The number of hydrogen-bond donors (Lipinski definition) is 2. The lowest BCUT2D eigenvalue weighted by Crippen LogP contribution is -2.20. The summed E-state index contributed by atoms with van der Waals surface area (Å²) in [6.45, 7) is 12.6. The molecular formula is C22H30N4O4. The largest absolute Gasteiger partial charge is 0.462 e. The van der Waals surface area contributed by atoms with Gasteiger partial charge in [-0.1, -0.05) is 0 Å². The van der Waals surface area contributed by atoms with Gasteiger partial charge >= 0.3 is 11.9 Å². The molecule has 2 aromatic heterocycles. The zero-order valence-electron chi connectivity index (χ0n) is 18.5. The highest BCUT2D eigenvalue weighted by molar-refractivity contribution is 5.97. The monoisotopic (exact) mass is 414 g/mol. The predicted molar refractivity (Wildman–Crippen MR) is 116 cm³/mol. The third-order valence-corrected chi connectivity index (χ3v) is 4.85. The summed E-state index contributed by atoms with van der Waals surface area (Å²) in [5.41, 5.74) is 4.38. The molecule has 30 heavy (non-hydrogen) atoms. The van der Waals surface area contributed by atoms with E-state index in [-0.39, 0.29) is 0 Å². The molecule has 2 N–H and O–H groups in total. The number of carbonyl (C=O) groups excluding carboxylic acids is 2. The summed E-state index contributed by atoms with van der Waals surface area (Å²) in [4.78, 5) is 33.4.